The smallest absolute Gasteiger partial charge is 0.274 e. The van der Waals surface area contributed by atoms with Crippen LogP contribution in [-0.2, 0) is 0 Å². The minimum atomic E-state index is -0.666. The predicted molar refractivity (Wildman–Crippen MR) is 71.3 cm³/mol. The van der Waals surface area contributed by atoms with Gasteiger partial charge in [0.1, 0.15) is 5.69 Å². The highest BCUT2D eigenvalue weighted by Gasteiger charge is 2.08. The fourth-order valence-electron chi connectivity index (χ4n) is 1.30. The molecule has 2 aromatic rings. The number of aromatic nitrogens is 1. The van der Waals surface area contributed by atoms with Gasteiger partial charge in [-0.1, -0.05) is 12.1 Å². The van der Waals surface area contributed by atoms with Crippen molar-refractivity contribution in [2.45, 2.75) is 0 Å². The lowest BCUT2D eigenvalue weighted by Gasteiger charge is -2.04. The molecule has 86 valence electrons. The number of nitrogens with zero attached hydrogens (tertiary/aromatic N) is 1. The van der Waals surface area contributed by atoms with Crippen molar-refractivity contribution in [2.75, 3.05) is 5.32 Å². The van der Waals surface area contributed by atoms with Crippen LogP contribution >= 0.6 is 22.6 Å². The Balaban J connectivity index is 2.17. The second-order valence-electron chi connectivity index (χ2n) is 3.31. The van der Waals surface area contributed by atoms with Gasteiger partial charge < -0.3 is 5.32 Å². The Morgan fingerprint density at radius 1 is 1.24 bits per heavy atom. The number of carbonyl (C=O) groups excluding carboxylic acids is 1. The van der Waals surface area contributed by atoms with Crippen LogP contribution < -0.4 is 5.32 Å². The van der Waals surface area contributed by atoms with Gasteiger partial charge in [0.25, 0.3) is 5.91 Å². The predicted octanol–water partition coefficient (Wildman–Crippen LogP) is 3.08. The Hall–Kier alpha value is -1.50. The number of halogens is 2. The number of carbonyl (C=O) groups is 1. The molecular weight excluding hydrogens is 334 g/mol. The van der Waals surface area contributed by atoms with E-state index >= 15 is 0 Å². The van der Waals surface area contributed by atoms with Crippen LogP contribution in [0.5, 0.6) is 0 Å². The summed E-state index contributed by atoms with van der Waals surface area (Å²) in [4.78, 5) is 15.2. The van der Waals surface area contributed by atoms with E-state index < -0.39 is 11.9 Å². The summed E-state index contributed by atoms with van der Waals surface area (Å²) in [6, 6.07) is 11.4. The average Bonchev–Trinajstić information content (AvgIpc) is 2.29. The standard InChI is InChI=1S/C12H8FIN2O/c13-11-6-2-5-10(16-11)12(17)15-9-4-1-3-8(14)7-9/h1-7H,(H,15,17). The molecule has 1 aromatic heterocycles. The zero-order valence-electron chi connectivity index (χ0n) is 8.65. The van der Waals surface area contributed by atoms with Crippen LogP contribution in [0.3, 0.4) is 0 Å². The van der Waals surface area contributed by atoms with E-state index in [4.69, 9.17) is 0 Å². The van der Waals surface area contributed by atoms with Crippen LogP contribution in [-0.4, -0.2) is 10.9 Å². The molecule has 0 radical (unpaired) electrons. The first kappa shape index (κ1) is 12.0. The van der Waals surface area contributed by atoms with Crippen molar-refractivity contribution in [1.29, 1.82) is 0 Å². The average molecular weight is 342 g/mol. The van der Waals surface area contributed by atoms with Crippen LogP contribution in [0.2, 0.25) is 0 Å². The molecule has 0 spiro atoms. The summed E-state index contributed by atoms with van der Waals surface area (Å²) in [7, 11) is 0. The molecule has 0 unspecified atom stereocenters. The van der Waals surface area contributed by atoms with Crippen molar-refractivity contribution >= 4 is 34.2 Å². The summed E-state index contributed by atoms with van der Waals surface area (Å²) < 4.78 is 13.8. The highest BCUT2D eigenvalue weighted by Crippen LogP contribution is 2.13. The number of hydrogen-bond acceptors (Lipinski definition) is 2. The number of hydrogen-bond donors (Lipinski definition) is 1. The van der Waals surface area contributed by atoms with E-state index in [2.05, 4.69) is 32.9 Å². The minimum absolute atomic E-state index is 0.0591. The molecule has 1 aromatic carbocycles. The summed E-state index contributed by atoms with van der Waals surface area (Å²) in [6.07, 6.45) is 0. The topological polar surface area (TPSA) is 42.0 Å². The maximum Gasteiger partial charge on any atom is 0.274 e. The molecule has 1 N–H and O–H groups in total. The molecule has 1 amide bonds. The lowest BCUT2D eigenvalue weighted by molar-refractivity contribution is 0.102. The highest BCUT2D eigenvalue weighted by molar-refractivity contribution is 14.1. The van der Waals surface area contributed by atoms with Gasteiger partial charge in [-0.2, -0.15) is 4.39 Å². The number of amides is 1. The van der Waals surface area contributed by atoms with E-state index in [0.29, 0.717) is 5.69 Å². The summed E-state index contributed by atoms with van der Waals surface area (Å²) in [5.74, 6) is -1.09. The van der Waals surface area contributed by atoms with Gasteiger partial charge in [0.15, 0.2) is 0 Å². The zero-order valence-corrected chi connectivity index (χ0v) is 10.8. The molecule has 0 aliphatic rings. The summed E-state index contributed by atoms with van der Waals surface area (Å²) in [6.45, 7) is 0. The van der Waals surface area contributed by atoms with Gasteiger partial charge in [0.2, 0.25) is 5.95 Å². The van der Waals surface area contributed by atoms with Crippen LogP contribution in [0.15, 0.2) is 42.5 Å². The Labute approximate surface area is 111 Å². The Morgan fingerprint density at radius 2 is 2.00 bits per heavy atom. The Morgan fingerprint density at radius 3 is 2.71 bits per heavy atom. The summed E-state index contributed by atoms with van der Waals surface area (Å²) in [5.41, 5.74) is 0.719. The van der Waals surface area contributed by atoms with E-state index in [1.54, 1.807) is 6.07 Å². The fourth-order valence-corrected chi connectivity index (χ4v) is 1.84. The van der Waals surface area contributed by atoms with Crippen LogP contribution in [0.4, 0.5) is 10.1 Å². The SMILES string of the molecule is O=C(Nc1cccc(I)c1)c1cccc(F)n1. The molecule has 0 aliphatic heterocycles. The third-order valence-corrected chi connectivity index (χ3v) is 2.70. The van der Waals surface area contributed by atoms with Gasteiger partial charge in [-0.15, -0.1) is 0 Å². The summed E-state index contributed by atoms with van der Waals surface area (Å²) in [5, 5.41) is 2.65. The van der Waals surface area contributed by atoms with Gasteiger partial charge in [0.05, 0.1) is 0 Å². The van der Waals surface area contributed by atoms with E-state index in [-0.39, 0.29) is 5.69 Å². The number of benzene rings is 1. The zero-order chi connectivity index (χ0) is 12.3. The molecule has 0 aliphatic carbocycles. The molecule has 0 atom stereocenters. The maximum atomic E-state index is 12.8. The first-order chi connectivity index (χ1) is 8.15. The molecule has 0 saturated heterocycles. The van der Waals surface area contributed by atoms with Gasteiger partial charge in [-0.05, 0) is 52.9 Å². The first-order valence-corrected chi connectivity index (χ1v) is 5.92. The third kappa shape index (κ3) is 3.23. The van der Waals surface area contributed by atoms with Gasteiger partial charge >= 0.3 is 0 Å². The molecule has 2 rings (SSSR count). The van der Waals surface area contributed by atoms with E-state index in [9.17, 15) is 9.18 Å². The normalized spacial score (nSPS) is 10.0. The molecular formula is C12H8FIN2O. The van der Waals surface area contributed by atoms with Gasteiger partial charge in [0, 0.05) is 9.26 Å². The fraction of sp³-hybridized carbons (Fsp3) is 0. The monoisotopic (exact) mass is 342 g/mol. The van der Waals surface area contributed by atoms with Crippen molar-refractivity contribution in [2.24, 2.45) is 0 Å². The van der Waals surface area contributed by atoms with Crippen molar-refractivity contribution in [3.8, 4) is 0 Å². The summed E-state index contributed by atoms with van der Waals surface area (Å²) >= 11 is 2.15. The van der Waals surface area contributed by atoms with E-state index in [0.717, 1.165) is 3.57 Å². The minimum Gasteiger partial charge on any atom is -0.321 e. The molecule has 0 bridgehead atoms. The second kappa shape index (κ2) is 5.22. The van der Waals surface area contributed by atoms with Gasteiger partial charge in [-0.25, -0.2) is 4.98 Å². The molecule has 0 saturated carbocycles. The van der Waals surface area contributed by atoms with Crippen LogP contribution in [0.1, 0.15) is 10.5 Å². The van der Waals surface area contributed by atoms with Crippen molar-refractivity contribution < 1.29 is 9.18 Å². The number of anilines is 1. The van der Waals surface area contributed by atoms with Crippen molar-refractivity contribution in [1.82, 2.24) is 4.98 Å². The number of pyridine rings is 1. The number of rotatable bonds is 2. The lowest BCUT2D eigenvalue weighted by atomic mass is 10.3. The second-order valence-corrected chi connectivity index (χ2v) is 4.56. The van der Waals surface area contributed by atoms with Crippen molar-refractivity contribution in [3.05, 3.63) is 57.7 Å². The Kier molecular flexibility index (Phi) is 3.68. The largest absolute Gasteiger partial charge is 0.321 e. The lowest BCUT2D eigenvalue weighted by Crippen LogP contribution is -2.14. The maximum absolute atomic E-state index is 12.8. The van der Waals surface area contributed by atoms with Crippen molar-refractivity contribution in [3.63, 3.8) is 0 Å². The molecule has 3 nitrogen and oxygen atoms in total. The van der Waals surface area contributed by atoms with Crippen LogP contribution in [0.25, 0.3) is 0 Å². The highest BCUT2D eigenvalue weighted by atomic mass is 127. The van der Waals surface area contributed by atoms with E-state index in [1.807, 2.05) is 18.2 Å². The van der Waals surface area contributed by atoms with E-state index in [1.165, 1.54) is 18.2 Å². The molecule has 1 heterocycles. The third-order valence-electron chi connectivity index (χ3n) is 2.03. The molecule has 17 heavy (non-hydrogen) atoms. The van der Waals surface area contributed by atoms with Gasteiger partial charge in [-0.3, -0.25) is 4.79 Å². The Bertz CT molecular complexity index is 560. The number of nitrogens with one attached hydrogen (secondary N) is 1. The first-order valence-electron chi connectivity index (χ1n) is 4.84. The molecule has 5 heteroatoms. The van der Waals surface area contributed by atoms with Crippen LogP contribution in [0, 0.1) is 9.52 Å². The quantitative estimate of drug-likeness (QED) is 0.673. The molecule has 0 fully saturated rings.